The Kier molecular flexibility index (Phi) is 5.16. The number of aliphatic imine (C=N–C) groups is 1. The molecule has 0 amide bonds. The average molecular weight is 430 g/mol. The first-order chi connectivity index (χ1) is 15.1. The second kappa shape index (κ2) is 8.12. The number of aromatic hydroxyl groups is 1. The highest BCUT2D eigenvalue weighted by Crippen LogP contribution is 2.39. The van der Waals surface area contributed by atoms with E-state index >= 15 is 0 Å². The lowest BCUT2D eigenvalue weighted by molar-refractivity contribution is 0.302. The summed E-state index contributed by atoms with van der Waals surface area (Å²) in [5.41, 5.74) is 4.17. The molecule has 1 aliphatic heterocycles. The second-order valence-corrected chi connectivity index (χ2v) is 8.45. The van der Waals surface area contributed by atoms with Gasteiger partial charge in [0, 0.05) is 22.7 Å². The topological polar surface area (TPSA) is 70.4 Å². The molecule has 1 aromatic heterocycles. The van der Waals surface area contributed by atoms with Crippen molar-refractivity contribution in [1.29, 1.82) is 0 Å². The smallest absolute Gasteiger partial charge is 0.262 e. The van der Waals surface area contributed by atoms with E-state index < -0.39 is 0 Å². The van der Waals surface area contributed by atoms with E-state index in [1.165, 1.54) is 6.42 Å². The molecule has 6 heteroatoms. The fourth-order valence-corrected chi connectivity index (χ4v) is 4.90. The van der Waals surface area contributed by atoms with Gasteiger partial charge >= 0.3 is 0 Å². The Bertz CT molecular complexity index is 1310. The van der Waals surface area contributed by atoms with Crippen LogP contribution in [0.2, 0.25) is 0 Å². The minimum absolute atomic E-state index is 0.0649. The normalized spacial score (nSPS) is 17.5. The summed E-state index contributed by atoms with van der Waals surface area (Å²) in [6.45, 7) is 0. The zero-order chi connectivity index (χ0) is 21.4. The van der Waals surface area contributed by atoms with Gasteiger partial charge in [0.2, 0.25) is 5.88 Å². The van der Waals surface area contributed by atoms with E-state index in [9.17, 15) is 9.90 Å². The van der Waals surface area contributed by atoms with Crippen molar-refractivity contribution in [2.45, 2.75) is 38.1 Å². The molecule has 0 bridgehead atoms. The Morgan fingerprint density at radius 3 is 2.52 bits per heavy atom. The van der Waals surface area contributed by atoms with Crippen molar-refractivity contribution in [3.05, 3.63) is 86.4 Å². The van der Waals surface area contributed by atoms with E-state index in [0.29, 0.717) is 0 Å². The number of nitrogens with one attached hydrogen (secondary N) is 1. The number of nitrogens with zero attached hydrogens (tertiary/aromatic N) is 2. The molecule has 5 nitrogen and oxygen atoms in total. The maximum Gasteiger partial charge on any atom is 0.262 e. The number of aromatic amines is 1. The molecule has 1 aliphatic carbocycles. The van der Waals surface area contributed by atoms with Crippen LogP contribution in [0.15, 0.2) is 64.4 Å². The molecule has 2 aromatic carbocycles. The highest BCUT2D eigenvalue weighted by molar-refractivity contribution is 7.71. The lowest BCUT2D eigenvalue weighted by atomic mass is 9.94. The molecule has 2 N–H and O–H groups in total. The third-order valence-electron chi connectivity index (χ3n) is 6.11. The lowest BCUT2D eigenvalue weighted by Crippen LogP contribution is -2.21. The van der Waals surface area contributed by atoms with Crippen molar-refractivity contribution in [3.8, 4) is 5.88 Å². The van der Waals surface area contributed by atoms with E-state index in [2.05, 4.69) is 4.98 Å². The molecule has 0 unspecified atom stereocenters. The fourth-order valence-electron chi connectivity index (χ4n) is 4.57. The van der Waals surface area contributed by atoms with Crippen LogP contribution < -0.4 is 5.56 Å². The summed E-state index contributed by atoms with van der Waals surface area (Å²) >= 11 is 5.42. The van der Waals surface area contributed by atoms with Gasteiger partial charge in [-0.25, -0.2) is 4.99 Å². The third kappa shape index (κ3) is 3.57. The van der Waals surface area contributed by atoms with Crippen LogP contribution in [0.3, 0.4) is 0 Å². The molecule has 156 valence electrons. The molecular weight excluding hydrogens is 406 g/mol. The first-order valence-corrected chi connectivity index (χ1v) is 11.1. The van der Waals surface area contributed by atoms with Crippen molar-refractivity contribution < 1.29 is 5.11 Å². The van der Waals surface area contributed by atoms with Gasteiger partial charge in [-0.3, -0.25) is 14.3 Å². The maximum atomic E-state index is 12.9. The molecule has 5 rings (SSSR count). The van der Waals surface area contributed by atoms with Gasteiger partial charge in [-0.2, -0.15) is 0 Å². The number of hydrogen-bond acceptors (Lipinski definition) is 4. The van der Waals surface area contributed by atoms with E-state index in [1.54, 1.807) is 10.6 Å². The highest BCUT2D eigenvalue weighted by Gasteiger charge is 2.25. The van der Waals surface area contributed by atoms with Crippen molar-refractivity contribution in [1.82, 2.24) is 9.55 Å². The van der Waals surface area contributed by atoms with Gasteiger partial charge in [0.15, 0.2) is 4.77 Å². The van der Waals surface area contributed by atoms with Crippen molar-refractivity contribution in [2.75, 3.05) is 0 Å². The summed E-state index contributed by atoms with van der Waals surface area (Å²) in [4.78, 5) is 20.5. The first-order valence-electron chi connectivity index (χ1n) is 10.7. The number of hydrogen-bond donors (Lipinski definition) is 2. The second-order valence-electron chi connectivity index (χ2n) is 8.06. The standard InChI is InChI=1S/C25H23N3O2S/c29-23-20(24(30)28(25(31)27-23)17-11-5-2-6-12-17)15-19-18-13-7-8-14-21(18)26-22(19)16-9-3-1-4-10-16/h1,3-4,7-10,13-15,17,30H,2,5-6,11-12H2,(H,27,29,31)/b19-15+. The molecule has 2 aliphatic rings. The van der Waals surface area contributed by atoms with Gasteiger partial charge in [-0.05, 0) is 37.2 Å². The zero-order valence-electron chi connectivity index (χ0n) is 17.0. The zero-order valence-corrected chi connectivity index (χ0v) is 17.9. The van der Waals surface area contributed by atoms with Gasteiger partial charge in [0.25, 0.3) is 5.56 Å². The molecule has 0 radical (unpaired) electrons. The van der Waals surface area contributed by atoms with Gasteiger partial charge < -0.3 is 5.11 Å². The number of aromatic nitrogens is 2. The number of H-pyrrole nitrogens is 1. The van der Waals surface area contributed by atoms with Crippen LogP contribution in [0.4, 0.5) is 5.69 Å². The predicted octanol–water partition coefficient (Wildman–Crippen LogP) is 5.79. The molecule has 0 saturated heterocycles. The Morgan fingerprint density at radius 1 is 1.03 bits per heavy atom. The quantitative estimate of drug-likeness (QED) is 0.518. The molecule has 1 saturated carbocycles. The third-order valence-corrected chi connectivity index (χ3v) is 6.41. The highest BCUT2D eigenvalue weighted by atomic mass is 32.1. The van der Waals surface area contributed by atoms with Crippen LogP contribution in [-0.4, -0.2) is 20.4 Å². The monoisotopic (exact) mass is 429 g/mol. The molecule has 3 aromatic rings. The largest absolute Gasteiger partial charge is 0.494 e. The van der Waals surface area contributed by atoms with Crippen LogP contribution in [0.25, 0.3) is 11.6 Å². The molecule has 1 fully saturated rings. The first kappa shape index (κ1) is 19.7. The molecular formula is C25H23N3O2S. The van der Waals surface area contributed by atoms with Crippen LogP contribution in [0, 0.1) is 4.77 Å². The number of benzene rings is 2. The minimum atomic E-state index is -0.390. The van der Waals surface area contributed by atoms with E-state index in [-0.39, 0.29) is 27.8 Å². The lowest BCUT2D eigenvalue weighted by Gasteiger charge is -2.25. The number of allylic oxidation sites excluding steroid dienone is 1. The Morgan fingerprint density at radius 2 is 1.74 bits per heavy atom. The van der Waals surface area contributed by atoms with Gasteiger partial charge in [-0.15, -0.1) is 0 Å². The van der Waals surface area contributed by atoms with Crippen molar-refractivity contribution in [2.24, 2.45) is 4.99 Å². The van der Waals surface area contributed by atoms with Gasteiger partial charge in [-0.1, -0.05) is 67.8 Å². The van der Waals surface area contributed by atoms with E-state index in [1.807, 2.05) is 54.6 Å². The van der Waals surface area contributed by atoms with Gasteiger partial charge in [0.05, 0.1) is 11.4 Å². The Hall–Kier alpha value is -3.25. The van der Waals surface area contributed by atoms with Crippen LogP contribution in [-0.2, 0) is 0 Å². The average Bonchev–Trinajstić information content (AvgIpc) is 3.16. The predicted molar refractivity (Wildman–Crippen MR) is 127 cm³/mol. The van der Waals surface area contributed by atoms with E-state index in [4.69, 9.17) is 17.2 Å². The Balaban J connectivity index is 1.69. The molecule has 2 heterocycles. The number of fused-ring (bicyclic) bond motifs is 1. The summed E-state index contributed by atoms with van der Waals surface area (Å²) in [5, 5.41) is 11.2. The molecule has 0 spiro atoms. The summed E-state index contributed by atoms with van der Waals surface area (Å²) in [7, 11) is 0. The maximum absolute atomic E-state index is 12.9. The fraction of sp³-hybridized carbons (Fsp3) is 0.240. The summed E-state index contributed by atoms with van der Waals surface area (Å²) < 4.78 is 2.00. The van der Waals surface area contributed by atoms with Crippen LogP contribution in [0.5, 0.6) is 5.88 Å². The summed E-state index contributed by atoms with van der Waals surface area (Å²) in [6.07, 6.45) is 7.03. The minimum Gasteiger partial charge on any atom is -0.494 e. The SMILES string of the molecule is O=c1[nH]c(=S)n(C2CCCCC2)c(O)c1/C=C1/C(c2ccccc2)=Nc2ccccc21. The molecule has 0 atom stereocenters. The van der Waals surface area contributed by atoms with Crippen LogP contribution >= 0.6 is 12.2 Å². The van der Waals surface area contributed by atoms with Gasteiger partial charge in [0.1, 0.15) is 5.56 Å². The Labute approximate surface area is 185 Å². The summed E-state index contributed by atoms with van der Waals surface area (Å²) in [5.74, 6) is -0.0649. The van der Waals surface area contributed by atoms with Crippen molar-refractivity contribution in [3.63, 3.8) is 0 Å². The van der Waals surface area contributed by atoms with Crippen LogP contribution in [0.1, 0.15) is 54.8 Å². The number of rotatable bonds is 3. The van der Waals surface area contributed by atoms with Crippen molar-refractivity contribution >= 4 is 35.3 Å². The summed E-state index contributed by atoms with van der Waals surface area (Å²) in [6, 6.07) is 17.8. The number of para-hydroxylation sites is 1. The van der Waals surface area contributed by atoms with E-state index in [0.717, 1.165) is 53.8 Å². The molecule has 31 heavy (non-hydrogen) atoms.